The SMILES string of the molecule is COc1cc(N2CCN(C)CC2)ccc1Nc1ncc2c(n1)N(C1CCOCC1)c1ccccc1C(=O)N2C. The van der Waals surface area contributed by atoms with Crippen LogP contribution in [0.1, 0.15) is 23.2 Å². The van der Waals surface area contributed by atoms with E-state index in [4.69, 9.17) is 14.5 Å². The zero-order valence-corrected chi connectivity index (χ0v) is 22.8. The van der Waals surface area contributed by atoms with Crippen molar-refractivity contribution < 1.29 is 14.3 Å². The van der Waals surface area contributed by atoms with Gasteiger partial charge in [-0.05, 0) is 44.2 Å². The fourth-order valence-corrected chi connectivity index (χ4v) is 5.59. The van der Waals surface area contributed by atoms with Gasteiger partial charge in [-0.15, -0.1) is 0 Å². The number of nitrogens with one attached hydrogen (secondary N) is 1. The van der Waals surface area contributed by atoms with Gasteiger partial charge in [0.05, 0.1) is 30.2 Å². The molecular weight excluding hydrogens is 494 g/mol. The van der Waals surface area contributed by atoms with Crippen molar-refractivity contribution in [2.75, 3.05) is 80.6 Å². The number of ether oxygens (including phenoxy) is 2. The Balaban J connectivity index is 1.36. The number of hydrogen-bond acceptors (Lipinski definition) is 9. The van der Waals surface area contributed by atoms with Crippen LogP contribution in [0.25, 0.3) is 0 Å². The number of rotatable bonds is 5. The molecule has 1 aromatic heterocycles. The van der Waals surface area contributed by atoms with Gasteiger partial charge in [0.1, 0.15) is 11.4 Å². The van der Waals surface area contributed by atoms with Gasteiger partial charge >= 0.3 is 0 Å². The number of carbonyl (C=O) groups excluding carboxylic acids is 1. The van der Waals surface area contributed by atoms with E-state index < -0.39 is 0 Å². The Morgan fingerprint density at radius 1 is 1.00 bits per heavy atom. The molecule has 204 valence electrons. The van der Waals surface area contributed by atoms with E-state index in [0.29, 0.717) is 36.2 Å². The van der Waals surface area contributed by atoms with Crippen LogP contribution in [0, 0.1) is 0 Å². The van der Waals surface area contributed by atoms with E-state index in [1.807, 2.05) is 30.3 Å². The lowest BCUT2D eigenvalue weighted by Crippen LogP contribution is -2.44. The smallest absolute Gasteiger partial charge is 0.260 e. The van der Waals surface area contributed by atoms with Crippen molar-refractivity contribution in [3.05, 3.63) is 54.2 Å². The first-order chi connectivity index (χ1) is 19.0. The number of fused-ring (bicyclic) bond motifs is 2. The molecule has 0 saturated carbocycles. The minimum absolute atomic E-state index is 0.0770. The molecule has 0 unspecified atom stereocenters. The first kappa shape index (κ1) is 25.4. The number of anilines is 6. The lowest BCUT2D eigenvalue weighted by Gasteiger charge is -2.35. The van der Waals surface area contributed by atoms with Gasteiger partial charge in [-0.3, -0.25) is 4.79 Å². The molecule has 10 heteroatoms. The van der Waals surface area contributed by atoms with E-state index in [-0.39, 0.29) is 11.9 Å². The molecular formula is C29H35N7O3. The van der Waals surface area contributed by atoms with Crippen molar-refractivity contribution in [1.29, 1.82) is 0 Å². The summed E-state index contributed by atoms with van der Waals surface area (Å²) in [4.78, 5) is 31.6. The van der Waals surface area contributed by atoms with Crippen LogP contribution in [0.3, 0.4) is 0 Å². The highest BCUT2D eigenvalue weighted by Gasteiger charge is 2.35. The summed E-state index contributed by atoms with van der Waals surface area (Å²) in [5, 5.41) is 3.38. The van der Waals surface area contributed by atoms with Crippen LogP contribution in [0.4, 0.5) is 34.5 Å². The maximum absolute atomic E-state index is 13.4. The van der Waals surface area contributed by atoms with E-state index in [1.54, 1.807) is 25.3 Å². The van der Waals surface area contributed by atoms with E-state index >= 15 is 0 Å². The fraction of sp³-hybridized carbons (Fsp3) is 0.414. The second-order valence-electron chi connectivity index (χ2n) is 10.3. The van der Waals surface area contributed by atoms with Crippen LogP contribution in [0.2, 0.25) is 0 Å². The average Bonchev–Trinajstić information content (AvgIpc) is 3.06. The molecule has 1 N–H and O–H groups in total. The highest BCUT2D eigenvalue weighted by atomic mass is 16.5. The molecule has 2 saturated heterocycles. The lowest BCUT2D eigenvalue weighted by molar-refractivity contribution is 0.0864. The molecule has 1 amide bonds. The van der Waals surface area contributed by atoms with Crippen LogP contribution in [0.15, 0.2) is 48.7 Å². The van der Waals surface area contributed by atoms with Crippen LogP contribution in [0.5, 0.6) is 5.75 Å². The first-order valence-corrected chi connectivity index (χ1v) is 13.5. The highest BCUT2D eigenvalue weighted by molar-refractivity contribution is 6.13. The maximum Gasteiger partial charge on any atom is 0.260 e. The van der Waals surface area contributed by atoms with Crippen molar-refractivity contribution in [2.24, 2.45) is 0 Å². The van der Waals surface area contributed by atoms with Gasteiger partial charge in [-0.25, -0.2) is 4.98 Å². The summed E-state index contributed by atoms with van der Waals surface area (Å²) in [5.41, 5.74) is 4.10. The predicted molar refractivity (Wildman–Crippen MR) is 153 cm³/mol. The minimum Gasteiger partial charge on any atom is -0.494 e. The topological polar surface area (TPSA) is 86.3 Å². The molecule has 0 aliphatic carbocycles. The average molecular weight is 530 g/mol. The van der Waals surface area contributed by atoms with E-state index in [1.165, 1.54) is 0 Å². The van der Waals surface area contributed by atoms with Gasteiger partial charge in [0, 0.05) is 64.2 Å². The summed E-state index contributed by atoms with van der Waals surface area (Å²) in [6, 6.07) is 14.1. The van der Waals surface area contributed by atoms with E-state index in [9.17, 15) is 4.79 Å². The second kappa shape index (κ2) is 10.7. The van der Waals surface area contributed by atoms with Gasteiger partial charge in [-0.1, -0.05) is 12.1 Å². The van der Waals surface area contributed by atoms with E-state index in [0.717, 1.165) is 61.8 Å². The summed E-state index contributed by atoms with van der Waals surface area (Å²) in [7, 11) is 5.61. The predicted octanol–water partition coefficient (Wildman–Crippen LogP) is 3.89. The lowest BCUT2D eigenvalue weighted by atomic mass is 10.0. The van der Waals surface area contributed by atoms with Crippen molar-refractivity contribution in [1.82, 2.24) is 14.9 Å². The molecule has 2 aromatic carbocycles. The van der Waals surface area contributed by atoms with Crippen molar-refractivity contribution in [3.8, 4) is 5.75 Å². The molecule has 3 aliphatic rings. The number of aromatic nitrogens is 2. The molecule has 0 atom stereocenters. The number of hydrogen-bond donors (Lipinski definition) is 1. The molecule has 6 rings (SSSR count). The van der Waals surface area contributed by atoms with Crippen molar-refractivity contribution >= 4 is 40.4 Å². The summed E-state index contributed by atoms with van der Waals surface area (Å²) in [6.07, 6.45) is 3.42. The normalized spacial score (nSPS) is 18.4. The number of benzene rings is 2. The summed E-state index contributed by atoms with van der Waals surface area (Å²) in [5.74, 6) is 1.79. The molecule has 0 radical (unpaired) electrons. The third-order valence-corrected chi connectivity index (χ3v) is 7.89. The number of amides is 1. The number of carbonyl (C=O) groups is 1. The monoisotopic (exact) mass is 529 g/mol. The number of nitrogens with zero attached hydrogens (tertiary/aromatic N) is 6. The Hall–Kier alpha value is -3.89. The van der Waals surface area contributed by atoms with Crippen molar-refractivity contribution in [2.45, 2.75) is 18.9 Å². The molecule has 4 heterocycles. The maximum atomic E-state index is 13.4. The Bertz CT molecular complexity index is 1350. The van der Waals surface area contributed by atoms with Gasteiger partial charge in [0.25, 0.3) is 5.91 Å². The van der Waals surface area contributed by atoms with Crippen LogP contribution < -0.4 is 24.8 Å². The minimum atomic E-state index is -0.0770. The van der Waals surface area contributed by atoms with Crippen molar-refractivity contribution in [3.63, 3.8) is 0 Å². The number of piperazine rings is 1. The molecule has 2 fully saturated rings. The molecule has 0 spiro atoms. The van der Waals surface area contributed by atoms with Gasteiger partial charge in [0.2, 0.25) is 5.95 Å². The van der Waals surface area contributed by atoms with Gasteiger partial charge in [0.15, 0.2) is 5.82 Å². The Labute approximate surface area is 229 Å². The van der Waals surface area contributed by atoms with Crippen LogP contribution in [-0.2, 0) is 4.74 Å². The summed E-state index contributed by atoms with van der Waals surface area (Å²) in [6.45, 7) is 5.39. The van der Waals surface area contributed by atoms with Gasteiger partial charge in [-0.2, -0.15) is 4.98 Å². The number of para-hydroxylation sites is 1. The standard InChI is InChI=1S/C29H35N7O3/c1-33-12-14-35(15-13-33)21-8-9-23(26(18-21)38-3)31-29-30-19-25-27(32-29)36(20-10-16-39-17-11-20)24-7-5-4-6-22(24)28(37)34(25)2/h4-9,18-20H,10-17H2,1-3H3,(H,30,31,32). The first-order valence-electron chi connectivity index (χ1n) is 13.5. The molecule has 39 heavy (non-hydrogen) atoms. The van der Waals surface area contributed by atoms with Gasteiger partial charge < -0.3 is 34.4 Å². The largest absolute Gasteiger partial charge is 0.494 e. The fourth-order valence-electron chi connectivity index (χ4n) is 5.59. The van der Waals surface area contributed by atoms with E-state index in [2.05, 4.69) is 44.2 Å². The number of likely N-dealkylation sites (N-methyl/N-ethyl adjacent to an activating group) is 1. The zero-order chi connectivity index (χ0) is 26.9. The Kier molecular flexibility index (Phi) is 6.97. The Morgan fingerprint density at radius 2 is 1.77 bits per heavy atom. The second-order valence-corrected chi connectivity index (χ2v) is 10.3. The third kappa shape index (κ3) is 4.86. The van der Waals surface area contributed by atoms with Crippen LogP contribution >= 0.6 is 0 Å². The zero-order valence-electron chi connectivity index (χ0n) is 22.8. The highest BCUT2D eigenvalue weighted by Crippen LogP contribution is 2.42. The van der Waals surface area contributed by atoms with Crippen LogP contribution in [-0.4, -0.2) is 87.4 Å². The number of methoxy groups -OCH3 is 1. The summed E-state index contributed by atoms with van der Waals surface area (Å²) >= 11 is 0. The molecule has 10 nitrogen and oxygen atoms in total. The molecule has 3 aliphatic heterocycles. The quantitative estimate of drug-likeness (QED) is 0.529. The molecule has 3 aromatic rings. The molecule has 0 bridgehead atoms. The summed E-state index contributed by atoms with van der Waals surface area (Å²) < 4.78 is 11.4. The third-order valence-electron chi connectivity index (χ3n) is 7.89. The Morgan fingerprint density at radius 3 is 2.54 bits per heavy atom.